The number of hydrogen-bond acceptors (Lipinski definition) is 5. The first-order valence-electron chi connectivity index (χ1n) is 4.97. The summed E-state index contributed by atoms with van der Waals surface area (Å²) in [6, 6.07) is 2.58. The number of benzene rings is 1. The number of aryl methyl sites for hydroxylation is 1. The Balaban J connectivity index is 2.03. The Kier molecular flexibility index (Phi) is 3.31. The number of ether oxygens (including phenoxy) is 1. The van der Waals surface area contributed by atoms with E-state index in [-0.39, 0.29) is 18.1 Å². The predicted octanol–water partition coefficient (Wildman–Crippen LogP) is 2.01. The first-order chi connectivity index (χ1) is 8.56. The highest BCUT2D eigenvalue weighted by Gasteiger charge is 2.15. The van der Waals surface area contributed by atoms with Crippen LogP contribution in [-0.4, -0.2) is 16.1 Å². The van der Waals surface area contributed by atoms with Crippen molar-refractivity contribution in [2.24, 2.45) is 0 Å². The molecule has 1 heterocycles. The maximum absolute atomic E-state index is 13.2. The Labute approximate surface area is 100 Å². The highest BCUT2D eigenvalue weighted by Crippen LogP contribution is 2.11. The van der Waals surface area contributed by atoms with Crippen molar-refractivity contribution in [3.05, 3.63) is 47.1 Å². The lowest BCUT2D eigenvalue weighted by Gasteiger charge is -2.02. The van der Waals surface area contributed by atoms with E-state index in [4.69, 9.17) is 9.26 Å². The van der Waals surface area contributed by atoms with Crippen LogP contribution in [0.25, 0.3) is 0 Å². The number of esters is 1. The van der Waals surface area contributed by atoms with E-state index < -0.39 is 17.6 Å². The number of carbonyl (C=O) groups is 1. The third kappa shape index (κ3) is 2.68. The van der Waals surface area contributed by atoms with Gasteiger partial charge < -0.3 is 9.26 Å². The van der Waals surface area contributed by atoms with Crippen molar-refractivity contribution in [1.29, 1.82) is 0 Å². The number of hydrogen-bond donors (Lipinski definition) is 0. The molecule has 0 aliphatic heterocycles. The van der Waals surface area contributed by atoms with Crippen LogP contribution in [0.1, 0.15) is 22.1 Å². The van der Waals surface area contributed by atoms with E-state index in [0.29, 0.717) is 11.9 Å². The van der Waals surface area contributed by atoms with E-state index in [2.05, 4.69) is 10.1 Å². The molecule has 2 rings (SSSR count). The Hall–Kier alpha value is -2.31. The molecule has 2 aromatic rings. The Morgan fingerprint density at radius 3 is 2.83 bits per heavy atom. The van der Waals surface area contributed by atoms with Crippen LogP contribution in [0.3, 0.4) is 0 Å². The third-order valence-corrected chi connectivity index (χ3v) is 2.05. The van der Waals surface area contributed by atoms with Crippen LogP contribution in [0, 0.1) is 18.6 Å². The molecular formula is C11H8F2N2O3. The fraction of sp³-hybridized carbons (Fsp3) is 0.182. The molecular weight excluding hydrogens is 246 g/mol. The van der Waals surface area contributed by atoms with Crippen LogP contribution in [0.2, 0.25) is 0 Å². The number of carbonyl (C=O) groups excluding carboxylic acids is 1. The smallest absolute Gasteiger partial charge is 0.341 e. The molecule has 0 bridgehead atoms. The molecule has 18 heavy (non-hydrogen) atoms. The van der Waals surface area contributed by atoms with Crippen molar-refractivity contribution in [3.8, 4) is 0 Å². The number of rotatable bonds is 3. The van der Waals surface area contributed by atoms with Gasteiger partial charge in [0.2, 0.25) is 0 Å². The summed E-state index contributed by atoms with van der Waals surface area (Å²) in [6.45, 7) is 1.34. The lowest BCUT2D eigenvalue weighted by molar-refractivity contribution is 0.0424. The highest BCUT2D eigenvalue weighted by molar-refractivity contribution is 5.89. The van der Waals surface area contributed by atoms with Gasteiger partial charge in [0.25, 0.3) is 5.89 Å². The zero-order valence-corrected chi connectivity index (χ0v) is 9.31. The number of halogens is 2. The monoisotopic (exact) mass is 254 g/mol. The van der Waals surface area contributed by atoms with Crippen molar-refractivity contribution < 1.29 is 22.8 Å². The maximum Gasteiger partial charge on any atom is 0.341 e. The van der Waals surface area contributed by atoms with Crippen molar-refractivity contribution in [3.63, 3.8) is 0 Å². The molecule has 1 aromatic carbocycles. The van der Waals surface area contributed by atoms with Crippen LogP contribution < -0.4 is 0 Å². The maximum atomic E-state index is 13.2. The normalized spacial score (nSPS) is 10.4. The first-order valence-corrected chi connectivity index (χ1v) is 4.97. The fourth-order valence-corrected chi connectivity index (χ4v) is 1.26. The van der Waals surface area contributed by atoms with Gasteiger partial charge >= 0.3 is 5.97 Å². The minimum Gasteiger partial charge on any atom is -0.452 e. The standard InChI is InChI=1S/C11H8F2N2O3/c1-6-14-10(18-15-6)5-17-11(16)8-3-2-7(12)4-9(8)13/h2-4H,5H2,1H3. The molecule has 0 unspecified atom stereocenters. The van der Waals surface area contributed by atoms with E-state index >= 15 is 0 Å². The molecule has 0 amide bonds. The SMILES string of the molecule is Cc1noc(COC(=O)c2ccc(F)cc2F)n1. The van der Waals surface area contributed by atoms with Gasteiger partial charge in [-0.25, -0.2) is 13.6 Å². The van der Waals surface area contributed by atoms with E-state index in [9.17, 15) is 13.6 Å². The van der Waals surface area contributed by atoms with Crippen LogP contribution in [0.5, 0.6) is 0 Å². The van der Waals surface area contributed by atoms with Gasteiger partial charge in [-0.2, -0.15) is 4.98 Å². The summed E-state index contributed by atoms with van der Waals surface area (Å²) in [6.07, 6.45) is 0. The summed E-state index contributed by atoms with van der Waals surface area (Å²) in [4.78, 5) is 15.3. The molecule has 0 atom stereocenters. The summed E-state index contributed by atoms with van der Waals surface area (Å²) in [5, 5.41) is 3.50. The summed E-state index contributed by atoms with van der Waals surface area (Å²) < 4.78 is 35.3. The first kappa shape index (κ1) is 12.2. The van der Waals surface area contributed by atoms with Crippen molar-refractivity contribution in [2.45, 2.75) is 13.5 Å². The quantitative estimate of drug-likeness (QED) is 0.784. The second-order valence-electron chi connectivity index (χ2n) is 3.44. The summed E-state index contributed by atoms with van der Waals surface area (Å²) in [7, 11) is 0. The van der Waals surface area contributed by atoms with Gasteiger partial charge in [-0.1, -0.05) is 5.16 Å². The second kappa shape index (κ2) is 4.91. The van der Waals surface area contributed by atoms with E-state index in [1.165, 1.54) is 0 Å². The average Bonchev–Trinajstić information content (AvgIpc) is 2.72. The Morgan fingerprint density at radius 2 is 2.22 bits per heavy atom. The molecule has 94 valence electrons. The lowest BCUT2D eigenvalue weighted by Crippen LogP contribution is -2.08. The Morgan fingerprint density at radius 1 is 1.44 bits per heavy atom. The Bertz CT molecular complexity index is 583. The predicted molar refractivity (Wildman–Crippen MR) is 54.5 cm³/mol. The molecule has 0 aliphatic rings. The molecule has 0 fully saturated rings. The van der Waals surface area contributed by atoms with Gasteiger partial charge in [0.1, 0.15) is 11.6 Å². The molecule has 0 saturated carbocycles. The van der Waals surface area contributed by atoms with Crippen LogP contribution in [-0.2, 0) is 11.3 Å². The van der Waals surface area contributed by atoms with Gasteiger partial charge in [0.15, 0.2) is 12.4 Å². The topological polar surface area (TPSA) is 65.2 Å². The largest absolute Gasteiger partial charge is 0.452 e. The van der Waals surface area contributed by atoms with Gasteiger partial charge in [-0.05, 0) is 19.1 Å². The zero-order valence-electron chi connectivity index (χ0n) is 9.31. The summed E-state index contributed by atoms with van der Waals surface area (Å²) in [5.74, 6) is -2.18. The molecule has 5 nitrogen and oxygen atoms in total. The molecule has 0 saturated heterocycles. The van der Waals surface area contributed by atoms with Gasteiger partial charge in [-0.15, -0.1) is 0 Å². The number of aromatic nitrogens is 2. The fourth-order valence-electron chi connectivity index (χ4n) is 1.26. The third-order valence-electron chi connectivity index (χ3n) is 2.05. The molecule has 0 aliphatic carbocycles. The minimum absolute atomic E-state index is 0.100. The molecule has 1 aromatic heterocycles. The average molecular weight is 254 g/mol. The number of nitrogens with zero attached hydrogens (tertiary/aromatic N) is 2. The van der Waals surface area contributed by atoms with Gasteiger partial charge in [0.05, 0.1) is 5.56 Å². The molecule has 0 spiro atoms. The molecule has 0 radical (unpaired) electrons. The zero-order chi connectivity index (χ0) is 13.1. The van der Waals surface area contributed by atoms with Crippen molar-refractivity contribution in [2.75, 3.05) is 0 Å². The molecule has 7 heteroatoms. The minimum atomic E-state index is -0.985. The second-order valence-corrected chi connectivity index (χ2v) is 3.44. The van der Waals surface area contributed by atoms with E-state index in [0.717, 1.165) is 12.1 Å². The van der Waals surface area contributed by atoms with Gasteiger partial charge in [-0.3, -0.25) is 0 Å². The van der Waals surface area contributed by atoms with Crippen LogP contribution in [0.4, 0.5) is 8.78 Å². The van der Waals surface area contributed by atoms with E-state index in [1.54, 1.807) is 6.92 Å². The van der Waals surface area contributed by atoms with Crippen molar-refractivity contribution in [1.82, 2.24) is 10.1 Å². The van der Waals surface area contributed by atoms with Gasteiger partial charge in [0, 0.05) is 6.07 Å². The summed E-state index contributed by atoms with van der Waals surface area (Å²) >= 11 is 0. The van der Waals surface area contributed by atoms with Crippen LogP contribution >= 0.6 is 0 Å². The highest BCUT2D eigenvalue weighted by atomic mass is 19.1. The van der Waals surface area contributed by atoms with Crippen molar-refractivity contribution >= 4 is 5.97 Å². The lowest BCUT2D eigenvalue weighted by atomic mass is 10.2. The molecule has 0 N–H and O–H groups in total. The van der Waals surface area contributed by atoms with E-state index in [1.807, 2.05) is 0 Å². The van der Waals surface area contributed by atoms with Crippen LogP contribution in [0.15, 0.2) is 22.7 Å². The summed E-state index contributed by atoms with van der Waals surface area (Å²) in [5.41, 5.74) is -0.354.